The molecule has 2 heteroatoms. The first kappa shape index (κ1) is 14.3. The van der Waals surface area contributed by atoms with Gasteiger partial charge in [-0.25, -0.2) is 0 Å². The Morgan fingerprint density at radius 1 is 1.22 bits per heavy atom. The predicted molar refractivity (Wildman–Crippen MR) is 76.9 cm³/mol. The van der Waals surface area contributed by atoms with Crippen molar-refractivity contribution in [3.05, 3.63) is 0 Å². The summed E-state index contributed by atoms with van der Waals surface area (Å²) in [6.45, 7) is 6.89. The summed E-state index contributed by atoms with van der Waals surface area (Å²) < 4.78 is 6.42. The second-order valence-electron chi connectivity index (χ2n) is 6.38. The summed E-state index contributed by atoms with van der Waals surface area (Å²) in [5.41, 5.74) is 0.319. The SMILES string of the molecule is CCCNCC(CC)CC1CCC2(CCCC2)O1. The lowest BCUT2D eigenvalue weighted by molar-refractivity contribution is -0.0442. The van der Waals surface area contributed by atoms with Gasteiger partial charge in [0.25, 0.3) is 0 Å². The summed E-state index contributed by atoms with van der Waals surface area (Å²) in [5, 5.41) is 3.57. The van der Waals surface area contributed by atoms with E-state index in [4.69, 9.17) is 4.74 Å². The molecule has 18 heavy (non-hydrogen) atoms. The lowest BCUT2D eigenvalue weighted by atomic mass is 9.95. The fourth-order valence-electron chi connectivity index (χ4n) is 3.70. The van der Waals surface area contributed by atoms with E-state index < -0.39 is 0 Å². The fraction of sp³-hybridized carbons (Fsp3) is 1.00. The fourth-order valence-corrected chi connectivity index (χ4v) is 3.70. The maximum Gasteiger partial charge on any atom is 0.0687 e. The van der Waals surface area contributed by atoms with Gasteiger partial charge in [-0.15, -0.1) is 0 Å². The van der Waals surface area contributed by atoms with Gasteiger partial charge < -0.3 is 10.1 Å². The maximum absolute atomic E-state index is 6.42. The van der Waals surface area contributed by atoms with Crippen LogP contribution >= 0.6 is 0 Å². The first-order chi connectivity index (χ1) is 8.78. The molecule has 2 atom stereocenters. The van der Waals surface area contributed by atoms with Gasteiger partial charge in [0, 0.05) is 0 Å². The molecule has 0 radical (unpaired) electrons. The lowest BCUT2D eigenvalue weighted by Crippen LogP contribution is -2.29. The Balaban J connectivity index is 1.71. The third-order valence-corrected chi connectivity index (χ3v) is 4.89. The average molecular weight is 253 g/mol. The second kappa shape index (κ2) is 6.91. The molecule has 2 unspecified atom stereocenters. The Bertz CT molecular complexity index is 235. The van der Waals surface area contributed by atoms with Gasteiger partial charge in [0.1, 0.15) is 0 Å². The number of hydrogen-bond acceptors (Lipinski definition) is 2. The molecular weight excluding hydrogens is 222 g/mol. The maximum atomic E-state index is 6.42. The van der Waals surface area contributed by atoms with Gasteiger partial charge in [0.2, 0.25) is 0 Å². The van der Waals surface area contributed by atoms with Gasteiger partial charge in [-0.1, -0.05) is 33.1 Å². The van der Waals surface area contributed by atoms with Gasteiger partial charge in [-0.05, 0) is 57.5 Å². The minimum Gasteiger partial charge on any atom is -0.372 e. The van der Waals surface area contributed by atoms with E-state index in [1.165, 1.54) is 64.3 Å². The van der Waals surface area contributed by atoms with Crippen molar-refractivity contribution in [2.75, 3.05) is 13.1 Å². The van der Waals surface area contributed by atoms with Gasteiger partial charge in [0.15, 0.2) is 0 Å². The molecule has 106 valence electrons. The van der Waals surface area contributed by atoms with Crippen molar-refractivity contribution in [3.8, 4) is 0 Å². The van der Waals surface area contributed by atoms with Crippen LogP contribution in [0.1, 0.15) is 71.6 Å². The molecule has 0 amide bonds. The molecule has 1 aliphatic carbocycles. The summed E-state index contributed by atoms with van der Waals surface area (Å²) in [6.07, 6.45) is 12.4. The van der Waals surface area contributed by atoms with Crippen LogP contribution in [0.15, 0.2) is 0 Å². The van der Waals surface area contributed by atoms with Crippen molar-refractivity contribution in [1.82, 2.24) is 5.32 Å². The van der Waals surface area contributed by atoms with Crippen molar-refractivity contribution in [3.63, 3.8) is 0 Å². The summed E-state index contributed by atoms with van der Waals surface area (Å²) in [6, 6.07) is 0. The first-order valence-corrected chi connectivity index (χ1v) is 8.16. The van der Waals surface area contributed by atoms with Crippen molar-refractivity contribution >= 4 is 0 Å². The predicted octanol–water partition coefficient (Wildman–Crippen LogP) is 3.89. The number of nitrogens with one attached hydrogen (secondary N) is 1. The minimum atomic E-state index is 0.319. The third kappa shape index (κ3) is 3.71. The second-order valence-corrected chi connectivity index (χ2v) is 6.38. The van der Waals surface area contributed by atoms with E-state index in [9.17, 15) is 0 Å². The molecule has 2 rings (SSSR count). The van der Waals surface area contributed by atoms with Crippen LogP contribution in [0.5, 0.6) is 0 Å². The molecule has 1 N–H and O–H groups in total. The Kier molecular flexibility index (Phi) is 5.50. The molecule has 0 aromatic carbocycles. The highest BCUT2D eigenvalue weighted by molar-refractivity contribution is 4.93. The Hall–Kier alpha value is -0.0800. The zero-order chi connectivity index (χ0) is 12.8. The number of rotatable bonds is 7. The van der Waals surface area contributed by atoms with Crippen LogP contribution < -0.4 is 5.32 Å². The van der Waals surface area contributed by atoms with Crippen molar-refractivity contribution < 1.29 is 4.74 Å². The van der Waals surface area contributed by atoms with Crippen LogP contribution in [-0.2, 0) is 4.74 Å². The highest BCUT2D eigenvalue weighted by atomic mass is 16.5. The van der Waals surface area contributed by atoms with E-state index in [2.05, 4.69) is 19.2 Å². The van der Waals surface area contributed by atoms with E-state index in [-0.39, 0.29) is 0 Å². The highest BCUT2D eigenvalue weighted by Crippen LogP contribution is 2.44. The molecule has 0 aromatic heterocycles. The minimum absolute atomic E-state index is 0.319. The molecule has 2 nitrogen and oxygen atoms in total. The van der Waals surface area contributed by atoms with Crippen LogP contribution in [-0.4, -0.2) is 24.8 Å². The standard InChI is InChI=1S/C16H31NO/c1-3-11-17-13-14(4-2)12-15-7-10-16(18-15)8-5-6-9-16/h14-15,17H,3-13H2,1-2H3. The van der Waals surface area contributed by atoms with Crippen LogP contribution in [0.3, 0.4) is 0 Å². The summed E-state index contributed by atoms with van der Waals surface area (Å²) in [4.78, 5) is 0. The number of ether oxygens (including phenoxy) is 1. The molecule has 1 saturated heterocycles. The van der Waals surface area contributed by atoms with Crippen LogP contribution in [0, 0.1) is 5.92 Å². The molecule has 2 fully saturated rings. The summed E-state index contributed by atoms with van der Waals surface area (Å²) in [5.74, 6) is 0.804. The van der Waals surface area contributed by atoms with Crippen molar-refractivity contribution in [2.45, 2.75) is 83.3 Å². The van der Waals surface area contributed by atoms with Gasteiger partial charge in [0.05, 0.1) is 11.7 Å². The zero-order valence-electron chi connectivity index (χ0n) is 12.3. The van der Waals surface area contributed by atoms with E-state index in [0.717, 1.165) is 12.5 Å². The molecular formula is C16H31NO. The van der Waals surface area contributed by atoms with E-state index in [1.807, 2.05) is 0 Å². The van der Waals surface area contributed by atoms with Gasteiger partial charge in [-0.2, -0.15) is 0 Å². The van der Waals surface area contributed by atoms with Crippen molar-refractivity contribution in [2.24, 2.45) is 5.92 Å². The summed E-state index contributed by atoms with van der Waals surface area (Å²) >= 11 is 0. The molecule has 0 aromatic rings. The van der Waals surface area contributed by atoms with Gasteiger partial charge in [-0.3, -0.25) is 0 Å². The highest BCUT2D eigenvalue weighted by Gasteiger charge is 2.42. The Morgan fingerprint density at radius 3 is 2.67 bits per heavy atom. The monoisotopic (exact) mass is 253 g/mol. The van der Waals surface area contributed by atoms with Crippen LogP contribution in [0.2, 0.25) is 0 Å². The largest absolute Gasteiger partial charge is 0.372 e. The van der Waals surface area contributed by atoms with Crippen LogP contribution in [0.4, 0.5) is 0 Å². The molecule has 0 bridgehead atoms. The molecule has 2 aliphatic rings. The van der Waals surface area contributed by atoms with E-state index in [1.54, 1.807) is 0 Å². The normalized spacial score (nSPS) is 28.0. The molecule has 1 spiro atoms. The van der Waals surface area contributed by atoms with E-state index in [0.29, 0.717) is 11.7 Å². The van der Waals surface area contributed by atoms with E-state index >= 15 is 0 Å². The molecule has 1 saturated carbocycles. The van der Waals surface area contributed by atoms with Gasteiger partial charge >= 0.3 is 0 Å². The first-order valence-electron chi connectivity index (χ1n) is 8.16. The Labute approximate surface area is 113 Å². The number of hydrogen-bond donors (Lipinski definition) is 1. The zero-order valence-corrected chi connectivity index (χ0v) is 12.3. The third-order valence-electron chi connectivity index (χ3n) is 4.89. The Morgan fingerprint density at radius 2 is 2.00 bits per heavy atom. The molecule has 1 aliphatic heterocycles. The molecule has 1 heterocycles. The average Bonchev–Trinajstić information content (AvgIpc) is 2.99. The van der Waals surface area contributed by atoms with Crippen molar-refractivity contribution in [1.29, 1.82) is 0 Å². The lowest BCUT2D eigenvalue weighted by Gasteiger charge is -2.25. The van der Waals surface area contributed by atoms with Crippen LogP contribution in [0.25, 0.3) is 0 Å². The summed E-state index contributed by atoms with van der Waals surface area (Å²) in [7, 11) is 0. The smallest absolute Gasteiger partial charge is 0.0687 e. The quantitative estimate of drug-likeness (QED) is 0.695. The topological polar surface area (TPSA) is 21.3 Å².